The quantitative estimate of drug-likeness (QED) is 0.864. The van der Waals surface area contributed by atoms with Gasteiger partial charge in [-0.15, -0.1) is 11.8 Å². The van der Waals surface area contributed by atoms with Crippen LogP contribution in [-0.4, -0.2) is 44.6 Å². The Morgan fingerprint density at radius 1 is 1.30 bits per heavy atom. The third-order valence-corrected chi connectivity index (χ3v) is 7.50. The van der Waals surface area contributed by atoms with E-state index in [-0.39, 0.29) is 5.25 Å². The smallest absolute Gasteiger partial charge is 0.258 e. The van der Waals surface area contributed by atoms with E-state index in [0.29, 0.717) is 29.2 Å². The van der Waals surface area contributed by atoms with Gasteiger partial charge in [0.2, 0.25) is 0 Å². The first-order chi connectivity index (χ1) is 9.58. The van der Waals surface area contributed by atoms with E-state index in [9.17, 15) is 5.11 Å². The first kappa shape index (κ1) is 14.7. The Labute approximate surface area is 127 Å². The molecule has 0 aromatic carbocycles. The lowest BCUT2D eigenvalue weighted by molar-refractivity contribution is -0.0228. The molecule has 2 aliphatic rings. The predicted molar refractivity (Wildman–Crippen MR) is 82.0 cm³/mol. The van der Waals surface area contributed by atoms with E-state index < -0.39 is 5.60 Å². The normalized spacial score (nSPS) is 34.0. The van der Waals surface area contributed by atoms with Gasteiger partial charge in [-0.2, -0.15) is 16.7 Å². The third kappa shape index (κ3) is 2.86. The molecule has 3 heterocycles. The summed E-state index contributed by atoms with van der Waals surface area (Å²) in [4.78, 5) is 4.50. The number of hydrogen-bond donors (Lipinski definition) is 2. The Hall–Kier alpha value is -0.240. The van der Waals surface area contributed by atoms with Gasteiger partial charge in [0.05, 0.1) is 5.25 Å². The standard InChI is InChI=1S/C13H21N3O2S2/c1-8-9(2)20-10(7-19-8)11-15-12(18-16-11)13(17)3-5-14-6-4-13/h8-10,14,17H,3-7H2,1-2H3. The van der Waals surface area contributed by atoms with E-state index in [1.54, 1.807) is 0 Å². The van der Waals surface area contributed by atoms with Crippen molar-refractivity contribution in [2.24, 2.45) is 0 Å². The average molecular weight is 315 g/mol. The van der Waals surface area contributed by atoms with Crippen LogP contribution in [-0.2, 0) is 5.60 Å². The van der Waals surface area contributed by atoms with Crippen molar-refractivity contribution >= 4 is 23.5 Å². The highest BCUT2D eigenvalue weighted by Crippen LogP contribution is 2.43. The van der Waals surface area contributed by atoms with Gasteiger partial charge in [0.15, 0.2) is 5.82 Å². The number of thioether (sulfide) groups is 2. The van der Waals surface area contributed by atoms with Gasteiger partial charge in [-0.05, 0) is 25.9 Å². The largest absolute Gasteiger partial charge is 0.380 e. The van der Waals surface area contributed by atoms with Crippen LogP contribution < -0.4 is 5.32 Å². The summed E-state index contributed by atoms with van der Waals surface area (Å²) in [6, 6.07) is 0. The molecule has 2 saturated heterocycles. The zero-order valence-corrected chi connectivity index (χ0v) is 13.5. The molecule has 7 heteroatoms. The van der Waals surface area contributed by atoms with Crippen LogP contribution in [0.1, 0.15) is 43.7 Å². The maximum atomic E-state index is 10.6. The lowest BCUT2D eigenvalue weighted by Gasteiger charge is -2.30. The molecule has 112 valence electrons. The van der Waals surface area contributed by atoms with Crippen LogP contribution in [0.5, 0.6) is 0 Å². The minimum atomic E-state index is -0.943. The number of nitrogens with one attached hydrogen (secondary N) is 1. The summed E-state index contributed by atoms with van der Waals surface area (Å²) in [5.74, 6) is 2.14. The molecule has 0 saturated carbocycles. The Kier molecular flexibility index (Phi) is 4.31. The van der Waals surface area contributed by atoms with Crippen molar-refractivity contribution in [3.8, 4) is 0 Å². The fourth-order valence-electron chi connectivity index (χ4n) is 2.53. The topological polar surface area (TPSA) is 71.2 Å². The van der Waals surface area contributed by atoms with Gasteiger partial charge in [0.25, 0.3) is 5.89 Å². The minimum Gasteiger partial charge on any atom is -0.380 e. The van der Waals surface area contributed by atoms with Gasteiger partial charge in [-0.25, -0.2) is 0 Å². The van der Waals surface area contributed by atoms with Crippen molar-refractivity contribution in [1.82, 2.24) is 15.5 Å². The minimum absolute atomic E-state index is 0.272. The molecule has 0 radical (unpaired) electrons. The van der Waals surface area contributed by atoms with E-state index in [0.717, 1.165) is 24.7 Å². The van der Waals surface area contributed by atoms with Crippen molar-refractivity contribution in [1.29, 1.82) is 0 Å². The molecule has 2 N–H and O–H groups in total. The average Bonchev–Trinajstić information content (AvgIpc) is 2.93. The summed E-state index contributed by atoms with van der Waals surface area (Å²) in [7, 11) is 0. The van der Waals surface area contributed by atoms with Crippen molar-refractivity contribution in [3.63, 3.8) is 0 Å². The highest BCUT2D eigenvalue weighted by atomic mass is 32.2. The SMILES string of the molecule is CC1SCC(c2noc(C3(O)CCNCC3)n2)SC1C. The summed E-state index contributed by atoms with van der Waals surface area (Å²) in [6.45, 7) is 6.08. The van der Waals surface area contributed by atoms with Crippen LogP contribution in [0.15, 0.2) is 4.52 Å². The molecule has 2 fully saturated rings. The number of nitrogens with zero attached hydrogens (tertiary/aromatic N) is 2. The van der Waals surface area contributed by atoms with Crippen LogP contribution in [0.3, 0.4) is 0 Å². The second-order valence-electron chi connectivity index (χ2n) is 5.61. The fraction of sp³-hybridized carbons (Fsp3) is 0.846. The van der Waals surface area contributed by atoms with Gasteiger partial charge in [-0.1, -0.05) is 19.0 Å². The Morgan fingerprint density at radius 3 is 2.75 bits per heavy atom. The Morgan fingerprint density at radius 2 is 2.05 bits per heavy atom. The second kappa shape index (κ2) is 5.87. The first-order valence-corrected chi connectivity index (χ1v) is 9.12. The maximum Gasteiger partial charge on any atom is 0.258 e. The molecule has 0 aliphatic carbocycles. The van der Waals surface area contributed by atoms with Crippen molar-refractivity contribution in [2.45, 2.75) is 48.0 Å². The maximum absolute atomic E-state index is 10.6. The number of aliphatic hydroxyl groups is 1. The van der Waals surface area contributed by atoms with Crippen LogP contribution in [0.25, 0.3) is 0 Å². The molecule has 1 aromatic rings. The Balaban J connectivity index is 1.73. The molecule has 2 aliphatic heterocycles. The first-order valence-electron chi connectivity index (χ1n) is 7.13. The predicted octanol–water partition coefficient (Wildman–Crippen LogP) is 1.94. The van der Waals surface area contributed by atoms with Crippen LogP contribution in [0, 0.1) is 0 Å². The summed E-state index contributed by atoms with van der Waals surface area (Å²) < 4.78 is 5.36. The molecule has 0 spiro atoms. The van der Waals surface area contributed by atoms with E-state index in [4.69, 9.17) is 4.52 Å². The molecule has 1 aromatic heterocycles. The molecule has 5 nitrogen and oxygen atoms in total. The summed E-state index contributed by atoms with van der Waals surface area (Å²) in [6.07, 6.45) is 1.27. The highest BCUT2D eigenvalue weighted by molar-refractivity contribution is 8.07. The number of piperidine rings is 1. The third-order valence-electron chi connectivity index (χ3n) is 4.11. The lowest BCUT2D eigenvalue weighted by atomic mass is 9.92. The summed E-state index contributed by atoms with van der Waals surface area (Å²) >= 11 is 3.86. The zero-order chi connectivity index (χ0) is 14.2. The lowest BCUT2D eigenvalue weighted by Crippen LogP contribution is -2.40. The van der Waals surface area contributed by atoms with E-state index in [2.05, 4.69) is 29.3 Å². The Bertz CT molecular complexity index is 462. The monoisotopic (exact) mass is 315 g/mol. The molecule has 0 amide bonds. The summed E-state index contributed by atoms with van der Waals surface area (Å²) in [5, 5.41) is 19.5. The van der Waals surface area contributed by atoms with E-state index in [1.807, 2.05) is 23.5 Å². The van der Waals surface area contributed by atoms with E-state index in [1.165, 1.54) is 0 Å². The van der Waals surface area contributed by atoms with E-state index >= 15 is 0 Å². The van der Waals surface area contributed by atoms with Gasteiger partial charge < -0.3 is 14.9 Å². The van der Waals surface area contributed by atoms with Crippen molar-refractivity contribution in [2.75, 3.05) is 18.8 Å². The molecule has 0 bridgehead atoms. The van der Waals surface area contributed by atoms with Gasteiger partial charge >= 0.3 is 0 Å². The fourth-order valence-corrected chi connectivity index (χ4v) is 5.36. The molecule has 3 atom stereocenters. The zero-order valence-electron chi connectivity index (χ0n) is 11.8. The highest BCUT2D eigenvalue weighted by Gasteiger charge is 2.38. The summed E-state index contributed by atoms with van der Waals surface area (Å²) in [5.41, 5.74) is -0.943. The number of hydrogen-bond acceptors (Lipinski definition) is 7. The van der Waals surface area contributed by atoms with Crippen molar-refractivity contribution in [3.05, 3.63) is 11.7 Å². The number of aromatic nitrogens is 2. The molecular weight excluding hydrogens is 294 g/mol. The van der Waals surface area contributed by atoms with Gasteiger partial charge in [-0.3, -0.25) is 0 Å². The van der Waals surface area contributed by atoms with Crippen molar-refractivity contribution < 1.29 is 9.63 Å². The van der Waals surface area contributed by atoms with Crippen LogP contribution >= 0.6 is 23.5 Å². The van der Waals surface area contributed by atoms with Crippen LogP contribution in [0.4, 0.5) is 0 Å². The van der Waals surface area contributed by atoms with Crippen LogP contribution in [0.2, 0.25) is 0 Å². The molecular formula is C13H21N3O2S2. The molecule has 20 heavy (non-hydrogen) atoms. The van der Waals surface area contributed by atoms with Gasteiger partial charge in [0, 0.05) is 16.3 Å². The number of rotatable bonds is 2. The second-order valence-corrected chi connectivity index (χ2v) is 8.60. The molecule has 3 rings (SSSR count). The van der Waals surface area contributed by atoms with Gasteiger partial charge in [0.1, 0.15) is 5.60 Å². The molecule has 3 unspecified atom stereocenters.